The van der Waals surface area contributed by atoms with Gasteiger partial charge in [0.1, 0.15) is 6.04 Å². The fourth-order valence-electron chi connectivity index (χ4n) is 5.44. The van der Waals surface area contributed by atoms with Crippen LogP contribution in [0.15, 0.2) is 60.7 Å². The van der Waals surface area contributed by atoms with Crippen LogP contribution in [0.5, 0.6) is 0 Å². The number of piperidine rings is 1. The van der Waals surface area contributed by atoms with E-state index in [2.05, 4.69) is 10.4 Å². The number of nitrogens with one attached hydrogen (secondary N) is 1. The summed E-state index contributed by atoms with van der Waals surface area (Å²) in [4.78, 5) is 49.8. The quantitative estimate of drug-likeness (QED) is 0.602. The van der Waals surface area contributed by atoms with E-state index in [1.54, 1.807) is 4.90 Å². The molecule has 2 heterocycles. The van der Waals surface area contributed by atoms with Gasteiger partial charge in [0.25, 0.3) is 0 Å². The van der Waals surface area contributed by atoms with Gasteiger partial charge in [0.05, 0.1) is 12.5 Å². The third kappa shape index (κ3) is 5.16. The Labute approximate surface area is 210 Å². The molecule has 0 aromatic heterocycles. The summed E-state index contributed by atoms with van der Waals surface area (Å²) < 4.78 is 0. The van der Waals surface area contributed by atoms with Crippen molar-refractivity contribution < 1.29 is 24.3 Å². The number of anilines is 1. The topological polar surface area (TPSA) is 102 Å². The van der Waals surface area contributed by atoms with Crippen LogP contribution >= 0.6 is 0 Å². The summed E-state index contributed by atoms with van der Waals surface area (Å²) in [7, 11) is 0. The lowest BCUT2D eigenvalue weighted by atomic mass is 9.80. The van der Waals surface area contributed by atoms with Crippen LogP contribution in [0.1, 0.15) is 24.8 Å². The van der Waals surface area contributed by atoms with Crippen molar-refractivity contribution in [3.63, 3.8) is 0 Å². The predicted molar refractivity (Wildman–Crippen MR) is 133 cm³/mol. The van der Waals surface area contributed by atoms with Gasteiger partial charge in [-0.2, -0.15) is 0 Å². The normalized spacial score (nSPS) is 22.8. The molecule has 2 N–H and O–H groups in total. The Hall–Kier alpha value is -3.59. The van der Waals surface area contributed by atoms with Gasteiger partial charge < -0.3 is 14.9 Å². The zero-order chi connectivity index (χ0) is 25.1. The summed E-state index contributed by atoms with van der Waals surface area (Å²) in [6.07, 6.45) is 1.05. The average Bonchev–Trinajstić information content (AvgIpc) is 3.67. The highest BCUT2D eigenvalue weighted by Crippen LogP contribution is 2.55. The number of nitrogens with zero attached hydrogens (tertiary/aromatic N) is 3. The van der Waals surface area contributed by atoms with Crippen molar-refractivity contribution in [2.24, 2.45) is 11.3 Å². The van der Waals surface area contributed by atoms with E-state index in [0.29, 0.717) is 32.6 Å². The van der Waals surface area contributed by atoms with Crippen molar-refractivity contribution in [2.45, 2.75) is 31.9 Å². The van der Waals surface area contributed by atoms with Gasteiger partial charge in [0.2, 0.25) is 11.8 Å². The second-order valence-electron chi connectivity index (χ2n) is 10.1. The van der Waals surface area contributed by atoms with Crippen LogP contribution in [0.2, 0.25) is 0 Å². The predicted octanol–water partition coefficient (Wildman–Crippen LogP) is 2.73. The smallest absolute Gasteiger partial charge is 0.408 e. The molecule has 2 atom stereocenters. The number of carbonyl (C=O) groups excluding carboxylic acids is 2. The van der Waals surface area contributed by atoms with Crippen molar-refractivity contribution in [2.75, 3.05) is 37.6 Å². The second-order valence-corrected chi connectivity index (χ2v) is 10.1. The number of likely N-dealkylation sites (tertiary alicyclic amines) is 1. The maximum atomic E-state index is 13.7. The molecule has 190 valence electrons. The van der Waals surface area contributed by atoms with Crippen molar-refractivity contribution >= 4 is 23.6 Å². The molecule has 3 aliphatic rings. The molecule has 0 radical (unpaired) electrons. The van der Waals surface area contributed by atoms with E-state index in [9.17, 15) is 19.5 Å². The molecule has 2 aromatic carbocycles. The molecule has 1 saturated carbocycles. The fraction of sp³-hybridized carbons (Fsp3) is 0.444. The average molecular weight is 493 g/mol. The lowest BCUT2D eigenvalue weighted by Crippen LogP contribution is -2.63. The molecule has 1 spiro atoms. The van der Waals surface area contributed by atoms with Gasteiger partial charge in [-0.05, 0) is 42.4 Å². The van der Waals surface area contributed by atoms with Crippen LogP contribution in [0.4, 0.5) is 10.5 Å². The number of benzene rings is 2. The molecule has 2 saturated heterocycles. The van der Waals surface area contributed by atoms with Crippen LogP contribution in [0, 0.1) is 11.3 Å². The van der Waals surface area contributed by atoms with Gasteiger partial charge in [0.15, 0.2) is 0 Å². The number of rotatable bonds is 6. The highest BCUT2D eigenvalue weighted by atomic mass is 16.6. The third-order valence-corrected chi connectivity index (χ3v) is 7.64. The maximum absolute atomic E-state index is 13.7. The Kier molecular flexibility index (Phi) is 6.82. The van der Waals surface area contributed by atoms with Crippen LogP contribution < -0.4 is 10.4 Å². The number of carboxylic acid groups (broad SMARTS) is 1. The highest BCUT2D eigenvalue weighted by Gasteiger charge is 2.57. The van der Waals surface area contributed by atoms with Gasteiger partial charge >= 0.3 is 6.09 Å². The van der Waals surface area contributed by atoms with Gasteiger partial charge in [-0.1, -0.05) is 48.5 Å². The number of hydrogen-bond acceptors (Lipinski definition) is 5. The first-order valence-corrected chi connectivity index (χ1v) is 12.5. The van der Waals surface area contributed by atoms with Gasteiger partial charge in [-0.3, -0.25) is 19.3 Å². The Morgan fingerprint density at radius 3 is 2.19 bits per heavy atom. The number of carbonyl (C=O) groups is 3. The SMILES string of the molecule is O=C(NOCc1ccccc1)C1CC2(CC2)CN(C(=O)O)C1C(=O)N1CCN(c2ccccc2)CC1. The molecule has 3 amide bonds. The summed E-state index contributed by atoms with van der Waals surface area (Å²) >= 11 is 0. The van der Waals surface area contributed by atoms with E-state index >= 15 is 0 Å². The molecule has 0 bridgehead atoms. The van der Waals surface area contributed by atoms with Gasteiger partial charge in [-0.25, -0.2) is 10.3 Å². The Balaban J connectivity index is 1.28. The number of para-hydroxylation sites is 1. The first-order chi connectivity index (χ1) is 17.5. The van der Waals surface area contributed by atoms with E-state index < -0.39 is 24.0 Å². The minimum absolute atomic E-state index is 0.188. The van der Waals surface area contributed by atoms with Crippen LogP contribution in [0.25, 0.3) is 0 Å². The van der Waals surface area contributed by atoms with Crippen molar-refractivity contribution in [1.82, 2.24) is 15.3 Å². The van der Waals surface area contributed by atoms with E-state index in [4.69, 9.17) is 4.84 Å². The molecular formula is C27H32N4O5. The van der Waals surface area contributed by atoms with Crippen LogP contribution in [0.3, 0.4) is 0 Å². The number of piperazine rings is 1. The minimum atomic E-state index is -1.16. The molecule has 1 aliphatic carbocycles. The van der Waals surface area contributed by atoms with Crippen molar-refractivity contribution in [1.29, 1.82) is 0 Å². The minimum Gasteiger partial charge on any atom is -0.465 e. The largest absolute Gasteiger partial charge is 0.465 e. The summed E-state index contributed by atoms with van der Waals surface area (Å²) in [5.41, 5.74) is 4.28. The maximum Gasteiger partial charge on any atom is 0.408 e. The van der Waals surface area contributed by atoms with E-state index in [-0.39, 0.29) is 24.5 Å². The summed E-state index contributed by atoms with van der Waals surface area (Å²) in [6.45, 7) is 2.72. The standard InChI is InChI=1S/C27H32N4O5/c32-24(28-36-18-20-7-3-1-4-8-20)22-17-27(11-12-27)19-31(26(34)35)23(22)25(33)30-15-13-29(14-16-30)21-9-5-2-6-10-21/h1-10,22-23H,11-19H2,(H,28,32)(H,34,35). The number of hydrogen-bond donors (Lipinski definition) is 2. The summed E-state index contributed by atoms with van der Waals surface area (Å²) in [5, 5.41) is 10.0. The zero-order valence-electron chi connectivity index (χ0n) is 20.2. The molecule has 2 unspecified atom stereocenters. The van der Waals surface area contributed by atoms with E-state index in [1.165, 1.54) is 4.90 Å². The lowest BCUT2D eigenvalue weighted by molar-refractivity contribution is -0.153. The number of hydroxylamine groups is 1. The van der Waals surface area contributed by atoms with Crippen molar-refractivity contribution in [3.05, 3.63) is 66.2 Å². The molecular weight excluding hydrogens is 460 g/mol. The molecule has 36 heavy (non-hydrogen) atoms. The monoisotopic (exact) mass is 492 g/mol. The second kappa shape index (κ2) is 10.2. The van der Waals surface area contributed by atoms with Crippen molar-refractivity contribution in [3.8, 4) is 0 Å². The van der Waals surface area contributed by atoms with Gasteiger partial charge in [0, 0.05) is 38.4 Å². The molecule has 5 rings (SSSR count). The summed E-state index contributed by atoms with van der Waals surface area (Å²) in [6, 6.07) is 18.4. The van der Waals surface area contributed by atoms with Gasteiger partial charge in [-0.15, -0.1) is 0 Å². The Bertz CT molecular complexity index is 1080. The Morgan fingerprint density at radius 2 is 1.58 bits per heavy atom. The third-order valence-electron chi connectivity index (χ3n) is 7.64. The zero-order valence-corrected chi connectivity index (χ0v) is 20.2. The molecule has 9 heteroatoms. The van der Waals surface area contributed by atoms with Crippen LogP contribution in [-0.2, 0) is 21.0 Å². The molecule has 2 aliphatic heterocycles. The Morgan fingerprint density at radius 1 is 0.944 bits per heavy atom. The molecule has 3 fully saturated rings. The fourth-order valence-corrected chi connectivity index (χ4v) is 5.44. The highest BCUT2D eigenvalue weighted by molar-refractivity contribution is 5.92. The lowest BCUT2D eigenvalue weighted by Gasteiger charge is -2.45. The van der Waals surface area contributed by atoms with E-state index in [0.717, 1.165) is 24.1 Å². The van der Waals surface area contributed by atoms with E-state index in [1.807, 2.05) is 60.7 Å². The number of amides is 3. The molecule has 2 aromatic rings. The molecule has 9 nitrogen and oxygen atoms in total. The first kappa shape index (κ1) is 24.1. The first-order valence-electron chi connectivity index (χ1n) is 12.5. The summed E-state index contributed by atoms with van der Waals surface area (Å²) in [5.74, 6) is -1.54. The van der Waals surface area contributed by atoms with Crippen LogP contribution in [-0.4, -0.2) is 71.6 Å².